The molecule has 1 aliphatic rings. The van der Waals surface area contributed by atoms with Gasteiger partial charge in [-0.15, -0.1) is 11.8 Å². The van der Waals surface area contributed by atoms with Crippen molar-refractivity contribution in [1.29, 1.82) is 0 Å². The van der Waals surface area contributed by atoms with Crippen LogP contribution in [0.5, 0.6) is 0 Å². The van der Waals surface area contributed by atoms with Gasteiger partial charge in [0.1, 0.15) is 5.44 Å². The Balaban J connectivity index is 2.74. The monoisotopic (exact) mass is 232 g/mol. The lowest BCUT2D eigenvalue weighted by Gasteiger charge is -2.25. The molecule has 0 spiro atoms. The van der Waals surface area contributed by atoms with Gasteiger partial charge in [-0.3, -0.25) is 4.79 Å². The minimum Gasteiger partial charge on any atom is -0.469 e. The molecule has 0 radical (unpaired) electrons. The summed E-state index contributed by atoms with van der Waals surface area (Å²) in [5.41, 5.74) is -0.319. The second-order valence-electron chi connectivity index (χ2n) is 4.03. The SMILES string of the molecule is CCSC1C[C@](C)(C(=O)OC)[C@@H](CC)O1. The number of carbonyl (C=O) groups excluding carboxylic acids is 1. The molecule has 1 rings (SSSR count). The van der Waals surface area contributed by atoms with Gasteiger partial charge in [0.25, 0.3) is 0 Å². The van der Waals surface area contributed by atoms with Crippen molar-refractivity contribution in [2.75, 3.05) is 12.9 Å². The van der Waals surface area contributed by atoms with Crippen molar-refractivity contribution in [1.82, 2.24) is 0 Å². The maximum atomic E-state index is 11.7. The van der Waals surface area contributed by atoms with Crippen molar-refractivity contribution in [3.05, 3.63) is 0 Å². The smallest absolute Gasteiger partial charge is 0.314 e. The highest BCUT2D eigenvalue weighted by molar-refractivity contribution is 7.99. The number of esters is 1. The lowest BCUT2D eigenvalue weighted by atomic mass is 9.82. The second kappa shape index (κ2) is 5.21. The molecule has 0 amide bonds. The number of carbonyl (C=O) groups is 1. The summed E-state index contributed by atoms with van der Waals surface area (Å²) in [7, 11) is 1.45. The Labute approximate surface area is 95.9 Å². The molecule has 3 atom stereocenters. The number of hydrogen-bond donors (Lipinski definition) is 0. The first kappa shape index (κ1) is 12.8. The molecule has 0 bridgehead atoms. The Morgan fingerprint density at radius 3 is 2.73 bits per heavy atom. The van der Waals surface area contributed by atoms with Gasteiger partial charge in [-0.05, 0) is 19.1 Å². The lowest BCUT2D eigenvalue weighted by Crippen LogP contribution is -2.36. The fraction of sp³-hybridized carbons (Fsp3) is 0.909. The molecular formula is C11H20O3S. The average molecular weight is 232 g/mol. The number of methoxy groups -OCH3 is 1. The molecule has 1 heterocycles. The fourth-order valence-electron chi connectivity index (χ4n) is 2.14. The van der Waals surface area contributed by atoms with E-state index in [1.165, 1.54) is 7.11 Å². The van der Waals surface area contributed by atoms with E-state index in [1.807, 2.05) is 13.8 Å². The van der Waals surface area contributed by atoms with Crippen molar-refractivity contribution < 1.29 is 14.3 Å². The molecule has 88 valence electrons. The summed E-state index contributed by atoms with van der Waals surface area (Å²) in [6.45, 7) is 6.09. The highest BCUT2D eigenvalue weighted by Gasteiger charge is 2.50. The van der Waals surface area contributed by atoms with Crippen molar-refractivity contribution >= 4 is 17.7 Å². The minimum absolute atomic E-state index is 0.00556. The molecule has 0 aliphatic carbocycles. The van der Waals surface area contributed by atoms with Crippen molar-refractivity contribution in [2.24, 2.45) is 5.41 Å². The van der Waals surface area contributed by atoms with Gasteiger partial charge in [-0.25, -0.2) is 0 Å². The molecule has 1 saturated heterocycles. The van der Waals surface area contributed by atoms with Crippen molar-refractivity contribution in [2.45, 2.75) is 45.2 Å². The number of hydrogen-bond acceptors (Lipinski definition) is 4. The third-order valence-corrected chi connectivity index (χ3v) is 3.98. The molecule has 0 aromatic heterocycles. The molecule has 0 saturated carbocycles. The van der Waals surface area contributed by atoms with Crippen LogP contribution < -0.4 is 0 Å². The summed E-state index contributed by atoms with van der Waals surface area (Å²) in [5, 5.41) is 0. The Bertz CT molecular complexity index is 232. The van der Waals surface area contributed by atoms with E-state index < -0.39 is 5.41 Å². The van der Waals surface area contributed by atoms with Gasteiger partial charge in [0, 0.05) is 6.42 Å². The van der Waals surface area contributed by atoms with Gasteiger partial charge in [-0.2, -0.15) is 0 Å². The first-order chi connectivity index (χ1) is 7.08. The predicted molar refractivity (Wildman–Crippen MR) is 61.8 cm³/mol. The second-order valence-corrected chi connectivity index (χ2v) is 5.47. The van der Waals surface area contributed by atoms with Gasteiger partial charge >= 0.3 is 5.97 Å². The highest BCUT2D eigenvalue weighted by atomic mass is 32.2. The molecular weight excluding hydrogens is 212 g/mol. The van der Waals surface area contributed by atoms with Crippen LogP contribution in [0.25, 0.3) is 0 Å². The van der Waals surface area contributed by atoms with E-state index in [9.17, 15) is 4.79 Å². The first-order valence-electron chi connectivity index (χ1n) is 5.44. The molecule has 1 fully saturated rings. The molecule has 1 unspecified atom stereocenters. The Kier molecular flexibility index (Phi) is 4.46. The van der Waals surface area contributed by atoms with Crippen LogP contribution in [0, 0.1) is 5.41 Å². The Morgan fingerprint density at radius 1 is 1.60 bits per heavy atom. The third-order valence-electron chi connectivity index (χ3n) is 2.99. The van der Waals surface area contributed by atoms with Gasteiger partial charge in [0.15, 0.2) is 0 Å². The van der Waals surface area contributed by atoms with Crippen LogP contribution in [0.1, 0.15) is 33.6 Å². The summed E-state index contributed by atoms with van der Waals surface area (Å²) in [6.07, 6.45) is 1.61. The average Bonchev–Trinajstić information content (AvgIpc) is 2.55. The largest absolute Gasteiger partial charge is 0.469 e. The number of ether oxygens (including phenoxy) is 2. The first-order valence-corrected chi connectivity index (χ1v) is 6.48. The zero-order chi connectivity index (χ0) is 11.5. The van der Waals surface area contributed by atoms with E-state index in [2.05, 4.69) is 6.92 Å². The molecule has 0 aromatic rings. The number of rotatable bonds is 4. The predicted octanol–water partition coefficient (Wildman–Crippen LogP) is 2.44. The van der Waals surface area contributed by atoms with E-state index in [0.29, 0.717) is 0 Å². The van der Waals surface area contributed by atoms with Crippen LogP contribution in [-0.4, -0.2) is 30.4 Å². The third kappa shape index (κ3) is 2.48. The van der Waals surface area contributed by atoms with Gasteiger partial charge < -0.3 is 9.47 Å². The summed E-state index contributed by atoms with van der Waals surface area (Å²) in [6, 6.07) is 0. The van der Waals surface area contributed by atoms with Crippen LogP contribution in [0.15, 0.2) is 0 Å². The van der Waals surface area contributed by atoms with E-state index in [4.69, 9.17) is 9.47 Å². The van der Waals surface area contributed by atoms with Crippen LogP contribution in [0.3, 0.4) is 0 Å². The van der Waals surface area contributed by atoms with Crippen LogP contribution in [0.2, 0.25) is 0 Å². The Morgan fingerprint density at radius 2 is 2.27 bits per heavy atom. The van der Waals surface area contributed by atoms with E-state index in [1.54, 1.807) is 11.8 Å². The summed E-state index contributed by atoms with van der Waals surface area (Å²) in [4.78, 5) is 11.7. The topological polar surface area (TPSA) is 35.5 Å². The molecule has 3 nitrogen and oxygen atoms in total. The van der Waals surface area contributed by atoms with E-state index >= 15 is 0 Å². The Hall–Kier alpha value is -0.220. The zero-order valence-electron chi connectivity index (χ0n) is 9.91. The summed E-state index contributed by atoms with van der Waals surface area (Å²) < 4.78 is 10.7. The normalized spacial score (nSPS) is 35.5. The molecule has 0 aromatic carbocycles. The zero-order valence-corrected chi connectivity index (χ0v) is 10.7. The maximum absolute atomic E-state index is 11.7. The standard InChI is InChI=1S/C11H20O3S/c1-5-8-11(3,10(12)13-4)7-9(14-8)15-6-2/h8-9H,5-7H2,1-4H3/t8-,9?,11+/m1/s1. The van der Waals surface area contributed by atoms with Crippen molar-refractivity contribution in [3.63, 3.8) is 0 Å². The molecule has 0 N–H and O–H groups in total. The minimum atomic E-state index is -0.462. The maximum Gasteiger partial charge on any atom is 0.314 e. The van der Waals surface area contributed by atoms with E-state index in [-0.39, 0.29) is 17.5 Å². The van der Waals surface area contributed by atoms with Crippen LogP contribution in [0.4, 0.5) is 0 Å². The fourth-order valence-corrected chi connectivity index (χ4v) is 3.19. The van der Waals surface area contributed by atoms with Gasteiger partial charge in [0.2, 0.25) is 0 Å². The highest BCUT2D eigenvalue weighted by Crippen LogP contribution is 2.44. The van der Waals surface area contributed by atoms with E-state index in [0.717, 1.165) is 18.6 Å². The van der Waals surface area contributed by atoms with Gasteiger partial charge in [0.05, 0.1) is 18.6 Å². The van der Waals surface area contributed by atoms with Crippen LogP contribution >= 0.6 is 11.8 Å². The quantitative estimate of drug-likeness (QED) is 0.697. The summed E-state index contributed by atoms with van der Waals surface area (Å²) >= 11 is 1.76. The summed E-state index contributed by atoms with van der Waals surface area (Å²) in [5.74, 6) is 0.867. The van der Waals surface area contributed by atoms with Gasteiger partial charge in [-0.1, -0.05) is 13.8 Å². The lowest BCUT2D eigenvalue weighted by molar-refractivity contribution is -0.155. The molecule has 1 aliphatic heterocycles. The molecule has 15 heavy (non-hydrogen) atoms. The van der Waals surface area contributed by atoms with Crippen LogP contribution in [-0.2, 0) is 14.3 Å². The number of thioether (sulfide) groups is 1. The van der Waals surface area contributed by atoms with Crippen molar-refractivity contribution in [3.8, 4) is 0 Å². The molecule has 4 heteroatoms.